The molecule has 0 atom stereocenters. The maximum atomic E-state index is 11.9. The van der Waals surface area contributed by atoms with Crippen LogP contribution in [0.3, 0.4) is 0 Å². The molecular formula is C13H11NO4S. The normalized spacial score (nSPS) is 11.0. The molecule has 2 aromatic rings. The molecule has 1 amide bonds. The summed E-state index contributed by atoms with van der Waals surface area (Å²) in [7, 11) is -4.28. The van der Waals surface area contributed by atoms with E-state index in [9.17, 15) is 13.2 Å². The van der Waals surface area contributed by atoms with Gasteiger partial charge in [0.05, 0.1) is 4.90 Å². The molecule has 0 aliphatic carbocycles. The summed E-state index contributed by atoms with van der Waals surface area (Å²) >= 11 is 0. The molecule has 0 spiro atoms. The molecule has 0 saturated heterocycles. The molecule has 0 radical (unpaired) electrons. The van der Waals surface area contributed by atoms with Crippen LogP contribution < -0.4 is 5.32 Å². The zero-order valence-electron chi connectivity index (χ0n) is 9.78. The van der Waals surface area contributed by atoms with E-state index in [2.05, 4.69) is 5.32 Å². The molecule has 5 nitrogen and oxygen atoms in total. The lowest BCUT2D eigenvalue weighted by Gasteiger charge is -2.06. The summed E-state index contributed by atoms with van der Waals surface area (Å²) in [5.74, 6) is -0.354. The highest BCUT2D eigenvalue weighted by molar-refractivity contribution is 7.85. The number of amides is 1. The van der Waals surface area contributed by atoms with Gasteiger partial charge in [0.15, 0.2) is 0 Å². The van der Waals surface area contributed by atoms with Crippen LogP contribution in [0.25, 0.3) is 0 Å². The highest BCUT2D eigenvalue weighted by Crippen LogP contribution is 2.16. The van der Waals surface area contributed by atoms with Crippen LogP contribution in [0.1, 0.15) is 10.4 Å². The van der Waals surface area contributed by atoms with Crippen molar-refractivity contribution in [1.29, 1.82) is 0 Å². The highest BCUT2D eigenvalue weighted by atomic mass is 32.2. The second kappa shape index (κ2) is 5.21. The lowest BCUT2D eigenvalue weighted by molar-refractivity contribution is 0.102. The van der Waals surface area contributed by atoms with E-state index in [0.717, 1.165) is 0 Å². The third-order valence-corrected chi connectivity index (χ3v) is 3.28. The van der Waals surface area contributed by atoms with E-state index < -0.39 is 10.1 Å². The average Bonchev–Trinajstić information content (AvgIpc) is 2.39. The fraction of sp³-hybridized carbons (Fsp3) is 0. The van der Waals surface area contributed by atoms with Gasteiger partial charge < -0.3 is 5.32 Å². The van der Waals surface area contributed by atoms with Gasteiger partial charge in [0, 0.05) is 11.3 Å². The Morgan fingerprint density at radius 1 is 1.00 bits per heavy atom. The molecule has 0 aliphatic rings. The first-order valence-electron chi connectivity index (χ1n) is 5.41. The highest BCUT2D eigenvalue weighted by Gasteiger charge is 2.11. The zero-order valence-corrected chi connectivity index (χ0v) is 10.6. The number of rotatable bonds is 3. The fourth-order valence-corrected chi connectivity index (χ4v) is 2.05. The van der Waals surface area contributed by atoms with Gasteiger partial charge >= 0.3 is 0 Å². The van der Waals surface area contributed by atoms with Crippen LogP contribution in [0.4, 0.5) is 5.69 Å². The van der Waals surface area contributed by atoms with Gasteiger partial charge in [0.1, 0.15) is 0 Å². The Labute approximate surface area is 110 Å². The van der Waals surface area contributed by atoms with Crippen molar-refractivity contribution in [3.05, 3.63) is 60.2 Å². The second-order valence-electron chi connectivity index (χ2n) is 3.82. The standard InChI is InChI=1S/C13H11NO4S/c15-13(10-5-2-1-3-6-10)14-11-7-4-8-12(9-11)19(16,17)18/h1-9H,(H,14,15)(H,16,17,18). The Balaban J connectivity index is 2.23. The fourth-order valence-electron chi connectivity index (χ4n) is 1.53. The van der Waals surface area contributed by atoms with E-state index in [1.165, 1.54) is 24.3 Å². The molecule has 0 aromatic heterocycles. The number of hydrogen-bond acceptors (Lipinski definition) is 3. The molecule has 2 N–H and O–H groups in total. The smallest absolute Gasteiger partial charge is 0.294 e. The van der Waals surface area contributed by atoms with E-state index in [1.807, 2.05) is 0 Å². The van der Waals surface area contributed by atoms with Crippen molar-refractivity contribution < 1.29 is 17.8 Å². The predicted molar refractivity (Wildman–Crippen MR) is 70.7 cm³/mol. The van der Waals surface area contributed by atoms with Crippen molar-refractivity contribution >= 4 is 21.7 Å². The van der Waals surface area contributed by atoms with Gasteiger partial charge in [-0.25, -0.2) is 0 Å². The molecule has 0 aliphatic heterocycles. The van der Waals surface area contributed by atoms with Crippen LogP contribution in [-0.2, 0) is 10.1 Å². The number of carbonyl (C=O) groups is 1. The van der Waals surface area contributed by atoms with Gasteiger partial charge in [0.25, 0.3) is 16.0 Å². The van der Waals surface area contributed by atoms with Gasteiger partial charge in [-0.2, -0.15) is 8.42 Å². The van der Waals surface area contributed by atoms with E-state index in [1.54, 1.807) is 30.3 Å². The minimum atomic E-state index is -4.28. The van der Waals surface area contributed by atoms with Crippen molar-refractivity contribution in [3.63, 3.8) is 0 Å². The van der Waals surface area contributed by atoms with E-state index >= 15 is 0 Å². The van der Waals surface area contributed by atoms with Crippen LogP contribution in [0, 0.1) is 0 Å². The Hall–Kier alpha value is -2.18. The lowest BCUT2D eigenvalue weighted by Crippen LogP contribution is -2.12. The number of nitrogens with one attached hydrogen (secondary N) is 1. The summed E-state index contributed by atoms with van der Waals surface area (Å²) in [6, 6.07) is 13.9. The van der Waals surface area contributed by atoms with Gasteiger partial charge in [-0.3, -0.25) is 9.35 Å². The Morgan fingerprint density at radius 3 is 2.32 bits per heavy atom. The van der Waals surface area contributed by atoms with Crippen molar-refractivity contribution in [2.45, 2.75) is 4.90 Å². The van der Waals surface area contributed by atoms with E-state index in [0.29, 0.717) is 11.3 Å². The topological polar surface area (TPSA) is 83.5 Å². The minimum absolute atomic E-state index is 0.265. The Kier molecular flexibility index (Phi) is 3.64. The van der Waals surface area contributed by atoms with Gasteiger partial charge in [0.2, 0.25) is 0 Å². The quantitative estimate of drug-likeness (QED) is 0.842. The number of hydrogen-bond donors (Lipinski definition) is 2. The van der Waals surface area contributed by atoms with Crippen molar-refractivity contribution in [2.75, 3.05) is 5.32 Å². The average molecular weight is 277 g/mol. The van der Waals surface area contributed by atoms with Crippen LogP contribution in [0.2, 0.25) is 0 Å². The maximum Gasteiger partial charge on any atom is 0.294 e. The summed E-state index contributed by atoms with van der Waals surface area (Å²) in [4.78, 5) is 11.6. The van der Waals surface area contributed by atoms with Crippen LogP contribution in [-0.4, -0.2) is 18.9 Å². The summed E-state index contributed by atoms with van der Waals surface area (Å²) in [6.45, 7) is 0. The third kappa shape index (κ3) is 3.40. The SMILES string of the molecule is O=C(Nc1cccc(S(=O)(=O)O)c1)c1ccccc1. The zero-order chi connectivity index (χ0) is 13.9. The summed E-state index contributed by atoms with van der Waals surface area (Å²) in [5, 5.41) is 2.56. The first kappa shape index (κ1) is 13.3. The minimum Gasteiger partial charge on any atom is -0.322 e. The molecule has 6 heteroatoms. The molecule has 0 unspecified atom stereocenters. The molecule has 98 valence electrons. The molecule has 0 saturated carbocycles. The van der Waals surface area contributed by atoms with Crippen molar-refractivity contribution in [2.24, 2.45) is 0 Å². The van der Waals surface area contributed by atoms with Gasteiger partial charge in [-0.15, -0.1) is 0 Å². The van der Waals surface area contributed by atoms with Gasteiger partial charge in [-0.1, -0.05) is 24.3 Å². The summed E-state index contributed by atoms with van der Waals surface area (Å²) in [6.07, 6.45) is 0. The monoisotopic (exact) mass is 277 g/mol. The third-order valence-electron chi connectivity index (χ3n) is 2.43. The summed E-state index contributed by atoms with van der Waals surface area (Å²) < 4.78 is 30.9. The van der Waals surface area contributed by atoms with Gasteiger partial charge in [-0.05, 0) is 30.3 Å². The van der Waals surface area contributed by atoms with Crippen LogP contribution >= 0.6 is 0 Å². The molecule has 19 heavy (non-hydrogen) atoms. The van der Waals surface area contributed by atoms with E-state index in [4.69, 9.17) is 4.55 Å². The molecular weight excluding hydrogens is 266 g/mol. The largest absolute Gasteiger partial charge is 0.322 e. The summed E-state index contributed by atoms with van der Waals surface area (Å²) in [5.41, 5.74) is 0.753. The molecule has 0 heterocycles. The second-order valence-corrected chi connectivity index (χ2v) is 5.24. The first-order chi connectivity index (χ1) is 8.97. The van der Waals surface area contributed by atoms with Crippen molar-refractivity contribution in [1.82, 2.24) is 0 Å². The van der Waals surface area contributed by atoms with Crippen LogP contribution in [0.5, 0.6) is 0 Å². The Morgan fingerprint density at radius 2 is 1.68 bits per heavy atom. The maximum absolute atomic E-state index is 11.9. The van der Waals surface area contributed by atoms with E-state index in [-0.39, 0.29) is 10.8 Å². The van der Waals surface area contributed by atoms with Crippen LogP contribution in [0.15, 0.2) is 59.5 Å². The molecule has 2 rings (SSSR count). The number of anilines is 1. The first-order valence-corrected chi connectivity index (χ1v) is 6.85. The lowest BCUT2D eigenvalue weighted by atomic mass is 10.2. The predicted octanol–water partition coefficient (Wildman–Crippen LogP) is 2.19. The molecule has 0 fully saturated rings. The molecule has 0 bridgehead atoms. The number of benzene rings is 2. The number of carbonyl (C=O) groups excluding carboxylic acids is 1. The van der Waals surface area contributed by atoms with Crippen molar-refractivity contribution in [3.8, 4) is 0 Å². The molecule has 2 aromatic carbocycles. The Bertz CT molecular complexity index is 696.